The zero-order valence-electron chi connectivity index (χ0n) is 39.4. The van der Waals surface area contributed by atoms with Gasteiger partial charge in [0.15, 0.2) is 9.84 Å². The lowest BCUT2D eigenvalue weighted by Crippen LogP contribution is -2.55. The van der Waals surface area contributed by atoms with Crippen LogP contribution in [0.5, 0.6) is 0 Å². The number of halogens is 1. The fourth-order valence-electron chi connectivity index (χ4n) is 7.24. The maximum Gasteiger partial charge on any atom is 0.226 e. The molecule has 0 saturated carbocycles. The number of aryl methyl sites for hydroxylation is 1. The maximum absolute atomic E-state index is 13.5. The number of nitrogens with zero attached hydrogens (tertiary/aromatic N) is 6. The van der Waals surface area contributed by atoms with Gasteiger partial charge in [0.1, 0.15) is 28.8 Å². The molecule has 382 valence electrons. The molecule has 1 aromatic carbocycles. The molecule has 3 atom stereocenters. The van der Waals surface area contributed by atoms with Gasteiger partial charge in [-0.05, 0) is 80.4 Å². The second-order valence-electron chi connectivity index (χ2n) is 16.2. The Kier molecular flexibility index (Phi) is 27.0. The van der Waals surface area contributed by atoms with Crippen molar-refractivity contribution in [3.05, 3.63) is 52.6 Å². The molecule has 2 fully saturated rings. The van der Waals surface area contributed by atoms with E-state index >= 15 is 0 Å². The van der Waals surface area contributed by atoms with Crippen molar-refractivity contribution in [1.29, 1.82) is 5.41 Å². The fraction of sp³-hybridized carbons (Fsp3) is 0.711. The minimum absolute atomic E-state index is 0.00206. The van der Waals surface area contributed by atoms with Crippen molar-refractivity contribution in [3.63, 3.8) is 0 Å². The van der Waals surface area contributed by atoms with Crippen LogP contribution in [0.2, 0.25) is 5.28 Å². The summed E-state index contributed by atoms with van der Waals surface area (Å²) >= 11 is 6.31. The standard InChI is InChI=1S/C45H72ClN8O12PS/c1-2-3-15-58-18-21-61-24-25-63-23-20-60-17-14-54-32-37(51-52-54)35-65-29-28-64-27-26-62-22-19-59-16-4-6-36-8-11-39(12-9-36)68(56,57)40-33-53(34-40)44-41(31-47)43(49-45(46)50-44)48-42-13-10-38(66-42)7-5-30-67-55/h8-9,11-12,31-32,38,40,42,47,55,67H,2-7,10,13-30,33-35H2,1H3,(H,48,49,50). The molecule has 5 rings (SSSR count). The van der Waals surface area contributed by atoms with Crippen LogP contribution in [0.15, 0.2) is 35.4 Å². The van der Waals surface area contributed by atoms with Gasteiger partial charge in [0.05, 0.1) is 122 Å². The van der Waals surface area contributed by atoms with Crippen molar-refractivity contribution in [2.45, 2.75) is 93.9 Å². The van der Waals surface area contributed by atoms with E-state index in [1.165, 1.54) is 0 Å². The molecule has 2 saturated heterocycles. The number of ether oxygens (including phenoxy) is 9. The quantitative estimate of drug-likeness (QED) is 0.0302. The molecule has 0 spiro atoms. The van der Waals surface area contributed by atoms with Gasteiger partial charge >= 0.3 is 0 Å². The Morgan fingerprint density at radius 3 is 2.04 bits per heavy atom. The highest BCUT2D eigenvalue weighted by Crippen LogP contribution is 2.34. The Morgan fingerprint density at radius 2 is 1.43 bits per heavy atom. The van der Waals surface area contributed by atoms with Crippen LogP contribution in [-0.4, -0.2) is 180 Å². The molecule has 3 aromatic rings. The zero-order chi connectivity index (χ0) is 48.1. The van der Waals surface area contributed by atoms with E-state index in [1.54, 1.807) is 16.8 Å². The Morgan fingerprint density at radius 1 is 0.824 bits per heavy atom. The molecule has 20 nitrogen and oxygen atoms in total. The van der Waals surface area contributed by atoms with Gasteiger partial charge in [-0.25, -0.2) is 13.1 Å². The highest BCUT2D eigenvalue weighted by atomic mass is 35.5. The molecule has 3 unspecified atom stereocenters. The Balaban J connectivity index is 0.829. The second kappa shape index (κ2) is 32.8. The molecule has 0 amide bonds. The van der Waals surface area contributed by atoms with E-state index in [-0.39, 0.29) is 44.4 Å². The van der Waals surface area contributed by atoms with Crippen LogP contribution in [0.1, 0.15) is 68.7 Å². The number of benzene rings is 1. The first-order valence-corrected chi connectivity index (χ1v) is 26.8. The number of aromatic nitrogens is 5. The molecule has 4 heterocycles. The normalized spacial score (nSPS) is 16.6. The molecular formula is C45H72ClN8O12PS. The predicted molar refractivity (Wildman–Crippen MR) is 259 cm³/mol. The molecule has 23 heteroatoms. The minimum Gasteiger partial charge on any atom is -0.379 e. The number of anilines is 2. The lowest BCUT2D eigenvalue weighted by molar-refractivity contribution is -0.00460. The smallest absolute Gasteiger partial charge is 0.226 e. The molecule has 3 N–H and O–H groups in total. The lowest BCUT2D eigenvalue weighted by Gasteiger charge is -2.40. The van der Waals surface area contributed by atoms with Gasteiger partial charge < -0.3 is 63.2 Å². The van der Waals surface area contributed by atoms with E-state index in [0.717, 1.165) is 81.6 Å². The zero-order valence-corrected chi connectivity index (χ0v) is 42.0. The van der Waals surface area contributed by atoms with Crippen LogP contribution in [0.25, 0.3) is 0 Å². The van der Waals surface area contributed by atoms with E-state index < -0.39 is 15.1 Å². The fourth-order valence-corrected chi connectivity index (χ4v) is 9.42. The molecule has 68 heavy (non-hydrogen) atoms. The average Bonchev–Trinajstić information content (AvgIpc) is 3.98. The number of rotatable bonds is 40. The van der Waals surface area contributed by atoms with Crippen LogP contribution in [0.3, 0.4) is 0 Å². The monoisotopic (exact) mass is 1010 g/mol. The molecule has 0 bridgehead atoms. The lowest BCUT2D eigenvalue weighted by atomic mass is 10.1. The molecule has 2 aliphatic rings. The number of sulfone groups is 1. The summed E-state index contributed by atoms with van der Waals surface area (Å²) in [5, 5.41) is 19.0. The third kappa shape index (κ3) is 20.4. The number of nitrogens with one attached hydrogen (secondary N) is 2. The summed E-state index contributed by atoms with van der Waals surface area (Å²) in [5.74, 6) is 0.789. The van der Waals surface area contributed by atoms with Crippen molar-refractivity contribution in [3.8, 4) is 0 Å². The number of hydrogen-bond acceptors (Lipinski definition) is 19. The first-order chi connectivity index (χ1) is 33.3. The van der Waals surface area contributed by atoms with Gasteiger partial charge in [0, 0.05) is 41.3 Å². The highest BCUT2D eigenvalue weighted by Gasteiger charge is 2.40. The van der Waals surface area contributed by atoms with Crippen molar-refractivity contribution >= 4 is 48.1 Å². The van der Waals surface area contributed by atoms with E-state index in [0.29, 0.717) is 123 Å². The molecule has 2 aromatic heterocycles. The Labute approximate surface area is 408 Å². The van der Waals surface area contributed by atoms with Crippen molar-refractivity contribution in [2.75, 3.05) is 129 Å². The predicted octanol–water partition coefficient (Wildman–Crippen LogP) is 4.73. The minimum atomic E-state index is -3.60. The summed E-state index contributed by atoms with van der Waals surface area (Å²) in [5.41, 5.74) is 2.19. The van der Waals surface area contributed by atoms with E-state index in [1.807, 2.05) is 23.2 Å². The van der Waals surface area contributed by atoms with Crippen molar-refractivity contribution in [1.82, 2.24) is 25.0 Å². The van der Waals surface area contributed by atoms with Crippen LogP contribution < -0.4 is 10.2 Å². The molecule has 0 aliphatic carbocycles. The average molecular weight is 1020 g/mol. The highest BCUT2D eigenvalue weighted by molar-refractivity contribution is 7.92. The third-order valence-electron chi connectivity index (χ3n) is 11.0. The molecule has 0 radical (unpaired) electrons. The van der Waals surface area contributed by atoms with Gasteiger partial charge in [-0.3, -0.25) is 0 Å². The largest absolute Gasteiger partial charge is 0.379 e. The second-order valence-corrected chi connectivity index (χ2v) is 19.6. The van der Waals surface area contributed by atoms with Crippen molar-refractivity contribution in [2.24, 2.45) is 0 Å². The third-order valence-corrected chi connectivity index (χ3v) is 13.9. The summed E-state index contributed by atoms with van der Waals surface area (Å²) < 4.78 is 79.5. The molecule has 2 aliphatic heterocycles. The van der Waals surface area contributed by atoms with Crippen LogP contribution >= 0.6 is 20.4 Å². The van der Waals surface area contributed by atoms with E-state index in [9.17, 15) is 8.42 Å². The van der Waals surface area contributed by atoms with Gasteiger partial charge in [0.2, 0.25) is 5.28 Å². The first kappa shape index (κ1) is 55.9. The molecular weight excluding hydrogens is 943 g/mol. The summed E-state index contributed by atoms with van der Waals surface area (Å²) in [4.78, 5) is 19.9. The summed E-state index contributed by atoms with van der Waals surface area (Å²) in [7, 11) is -3.65. The summed E-state index contributed by atoms with van der Waals surface area (Å²) in [6.07, 6.45) is 10.7. The van der Waals surface area contributed by atoms with Gasteiger partial charge in [-0.1, -0.05) is 30.7 Å². The van der Waals surface area contributed by atoms with Gasteiger partial charge in [0.25, 0.3) is 0 Å². The Hall–Kier alpha value is -3.02. The van der Waals surface area contributed by atoms with Crippen LogP contribution in [0.4, 0.5) is 11.6 Å². The van der Waals surface area contributed by atoms with Crippen molar-refractivity contribution < 1.29 is 55.9 Å². The number of unbranched alkanes of at least 4 members (excludes halogenated alkanes) is 1. The van der Waals surface area contributed by atoms with E-state index in [4.69, 9.17) is 64.5 Å². The number of hydrogen-bond donors (Lipinski definition) is 3. The SMILES string of the molecule is CCCCOCCOCCOCCOCCn1cc(COCCOCCOCCOCCCc2ccc(S(=O)(=O)C3CN(c4nc(Cl)nc(NC5CCC(CCCPO)O5)c4C=N)C3)cc2)nn1. The van der Waals surface area contributed by atoms with E-state index in [2.05, 4.69) is 32.5 Å². The summed E-state index contributed by atoms with van der Waals surface area (Å²) in [6, 6.07) is 7.03. The van der Waals surface area contributed by atoms with Gasteiger partial charge in [-0.15, -0.1) is 5.10 Å². The van der Waals surface area contributed by atoms with Crippen LogP contribution in [0, 0.1) is 5.41 Å². The maximum atomic E-state index is 13.5. The Bertz CT molecular complexity index is 1950. The summed E-state index contributed by atoms with van der Waals surface area (Å²) in [6.45, 7) is 11.3. The topological polar surface area (TPSA) is 233 Å². The first-order valence-electron chi connectivity index (χ1n) is 23.8. The van der Waals surface area contributed by atoms with Gasteiger partial charge in [-0.2, -0.15) is 9.97 Å². The van der Waals surface area contributed by atoms with Crippen LogP contribution in [-0.2, 0) is 72.0 Å².